The lowest BCUT2D eigenvalue weighted by molar-refractivity contribution is -0.128. The van der Waals surface area contributed by atoms with Crippen molar-refractivity contribution in [1.82, 2.24) is 0 Å². The Balaban J connectivity index is 1.84. The molecule has 5 nitrogen and oxygen atoms in total. The molecule has 0 saturated heterocycles. The third-order valence-corrected chi connectivity index (χ3v) is 4.19. The number of benzene rings is 1. The maximum Gasteiger partial charge on any atom is 0.338 e. The summed E-state index contributed by atoms with van der Waals surface area (Å²) in [4.78, 5) is 23.4. The molecule has 0 saturated carbocycles. The van der Waals surface area contributed by atoms with Gasteiger partial charge in [-0.3, -0.25) is 4.79 Å². The summed E-state index contributed by atoms with van der Waals surface area (Å²) in [7, 11) is 0. The van der Waals surface area contributed by atoms with Gasteiger partial charge in [0.05, 0.1) is 12.2 Å². The summed E-state index contributed by atoms with van der Waals surface area (Å²) < 4.78 is 5.56. The smallest absolute Gasteiger partial charge is 0.338 e. The molecular formula is C15H13NO4S. The highest BCUT2D eigenvalue weighted by Crippen LogP contribution is 2.30. The molecule has 2 heterocycles. The Morgan fingerprint density at radius 2 is 2.10 bits per heavy atom. The van der Waals surface area contributed by atoms with Gasteiger partial charge in [0.25, 0.3) is 5.91 Å². The first-order valence-electron chi connectivity index (χ1n) is 6.48. The van der Waals surface area contributed by atoms with Crippen LogP contribution in [-0.4, -0.2) is 23.6 Å². The van der Waals surface area contributed by atoms with Gasteiger partial charge in [-0.05, 0) is 29.0 Å². The monoisotopic (exact) mass is 303 g/mol. The highest BCUT2D eigenvalue weighted by atomic mass is 32.1. The number of amides is 1. The lowest BCUT2D eigenvalue weighted by Gasteiger charge is -2.25. The third-order valence-electron chi connectivity index (χ3n) is 3.36. The van der Waals surface area contributed by atoms with Crippen LogP contribution in [0.25, 0.3) is 0 Å². The Hall–Kier alpha value is -2.18. The van der Waals surface area contributed by atoms with Crippen molar-refractivity contribution in [1.29, 1.82) is 0 Å². The number of anilines is 1. The molecule has 0 spiro atoms. The first-order valence-corrected chi connectivity index (χ1v) is 7.36. The van der Waals surface area contributed by atoms with Crippen LogP contribution in [0.5, 0.6) is 0 Å². The molecule has 21 heavy (non-hydrogen) atoms. The first-order chi connectivity index (χ1) is 10.2. The van der Waals surface area contributed by atoms with Gasteiger partial charge in [-0.15, -0.1) is 11.3 Å². The maximum atomic E-state index is 12.4. The van der Waals surface area contributed by atoms with Gasteiger partial charge in [-0.2, -0.15) is 0 Å². The van der Waals surface area contributed by atoms with E-state index in [4.69, 9.17) is 9.84 Å². The number of hydrogen-bond acceptors (Lipinski definition) is 4. The van der Waals surface area contributed by atoms with Gasteiger partial charge in [0.15, 0.2) is 6.10 Å². The van der Waals surface area contributed by atoms with Crippen LogP contribution in [0.15, 0.2) is 35.7 Å². The lowest BCUT2D eigenvalue weighted by Crippen LogP contribution is -2.28. The summed E-state index contributed by atoms with van der Waals surface area (Å²) in [6.45, 7) is 0.478. The zero-order valence-corrected chi connectivity index (χ0v) is 11.9. The lowest BCUT2D eigenvalue weighted by atomic mass is 9.97. The molecule has 1 aromatic heterocycles. The largest absolute Gasteiger partial charge is 0.478 e. The Morgan fingerprint density at radius 1 is 1.29 bits per heavy atom. The highest BCUT2D eigenvalue weighted by Gasteiger charge is 2.28. The Morgan fingerprint density at radius 3 is 2.90 bits per heavy atom. The number of aromatic carboxylic acids is 1. The van der Waals surface area contributed by atoms with Gasteiger partial charge in [-0.1, -0.05) is 24.3 Å². The summed E-state index contributed by atoms with van der Waals surface area (Å²) in [5.41, 5.74) is 2.03. The summed E-state index contributed by atoms with van der Waals surface area (Å²) in [5, 5.41) is 13.7. The molecule has 0 bridgehead atoms. The predicted octanol–water partition coefficient (Wildman–Crippen LogP) is 2.70. The first kappa shape index (κ1) is 13.8. The second-order valence-electron chi connectivity index (χ2n) is 4.66. The van der Waals surface area contributed by atoms with Crippen molar-refractivity contribution in [3.63, 3.8) is 0 Å². The predicted molar refractivity (Wildman–Crippen MR) is 78.7 cm³/mol. The topological polar surface area (TPSA) is 75.6 Å². The fraction of sp³-hybridized carbons (Fsp3) is 0.200. The van der Waals surface area contributed by atoms with Crippen molar-refractivity contribution in [2.45, 2.75) is 12.5 Å². The summed E-state index contributed by atoms with van der Waals surface area (Å²) >= 11 is 1.18. The van der Waals surface area contributed by atoms with Crippen molar-refractivity contribution in [2.75, 3.05) is 11.9 Å². The molecule has 1 atom stereocenters. The zero-order valence-electron chi connectivity index (χ0n) is 11.0. The molecule has 1 amide bonds. The average Bonchev–Trinajstić information content (AvgIpc) is 2.95. The van der Waals surface area contributed by atoms with Gasteiger partial charge in [-0.25, -0.2) is 4.79 Å². The second-order valence-corrected chi connectivity index (χ2v) is 5.57. The number of hydrogen-bond donors (Lipinski definition) is 2. The molecular weight excluding hydrogens is 290 g/mol. The van der Waals surface area contributed by atoms with Crippen LogP contribution in [0, 0.1) is 0 Å². The number of carboxylic acids is 1. The fourth-order valence-electron chi connectivity index (χ4n) is 2.36. The molecule has 6 heteroatoms. The van der Waals surface area contributed by atoms with Gasteiger partial charge in [0.1, 0.15) is 5.00 Å². The molecule has 2 aromatic rings. The molecule has 1 aliphatic heterocycles. The highest BCUT2D eigenvalue weighted by molar-refractivity contribution is 7.14. The summed E-state index contributed by atoms with van der Waals surface area (Å²) in [6.07, 6.45) is 0.0815. The SMILES string of the molecule is O=C(O)c1ccsc1NC(=O)C1OCCc2ccccc21. The van der Waals surface area contributed by atoms with E-state index in [0.717, 1.165) is 17.5 Å². The van der Waals surface area contributed by atoms with E-state index in [0.29, 0.717) is 11.6 Å². The molecule has 1 aromatic carbocycles. The normalized spacial score (nSPS) is 17.0. The number of carbonyl (C=O) groups excluding carboxylic acids is 1. The van der Waals surface area contributed by atoms with Crippen molar-refractivity contribution >= 4 is 28.2 Å². The van der Waals surface area contributed by atoms with Crippen molar-refractivity contribution in [3.8, 4) is 0 Å². The van der Waals surface area contributed by atoms with Crippen molar-refractivity contribution < 1.29 is 19.4 Å². The molecule has 0 aliphatic carbocycles. The molecule has 108 valence electrons. The number of carboxylic acid groups (broad SMARTS) is 1. The average molecular weight is 303 g/mol. The Labute approximate surface area is 125 Å². The number of rotatable bonds is 3. The number of carbonyl (C=O) groups is 2. The van der Waals surface area contributed by atoms with E-state index in [1.807, 2.05) is 24.3 Å². The number of thiophene rings is 1. The van der Waals surface area contributed by atoms with Gasteiger partial charge in [0.2, 0.25) is 0 Å². The van der Waals surface area contributed by atoms with Crippen molar-refractivity contribution in [2.24, 2.45) is 0 Å². The van der Waals surface area contributed by atoms with Crippen LogP contribution in [0.4, 0.5) is 5.00 Å². The molecule has 0 fully saturated rings. The Kier molecular flexibility index (Phi) is 3.72. The van der Waals surface area contributed by atoms with E-state index in [9.17, 15) is 9.59 Å². The van der Waals surface area contributed by atoms with Crippen LogP contribution in [0.3, 0.4) is 0 Å². The number of fused-ring (bicyclic) bond motifs is 1. The van der Waals surface area contributed by atoms with E-state index in [2.05, 4.69) is 5.32 Å². The standard InChI is InChI=1S/C15H13NO4S/c17-13(16-14-11(15(18)19)6-8-21-14)12-10-4-2-1-3-9(10)5-7-20-12/h1-4,6,8,12H,5,7H2,(H,16,17)(H,18,19). The van der Waals surface area contributed by atoms with E-state index >= 15 is 0 Å². The number of ether oxygens (including phenoxy) is 1. The molecule has 1 aliphatic rings. The second kappa shape index (κ2) is 5.67. The quantitative estimate of drug-likeness (QED) is 0.914. The van der Waals surface area contributed by atoms with Gasteiger partial charge in [0, 0.05) is 0 Å². The van der Waals surface area contributed by atoms with E-state index in [1.165, 1.54) is 17.4 Å². The minimum absolute atomic E-state index is 0.0949. The van der Waals surface area contributed by atoms with Crippen LogP contribution in [-0.2, 0) is 16.0 Å². The van der Waals surface area contributed by atoms with Crippen LogP contribution in [0.1, 0.15) is 27.6 Å². The van der Waals surface area contributed by atoms with Crippen LogP contribution < -0.4 is 5.32 Å². The Bertz CT molecular complexity index is 694. The van der Waals surface area contributed by atoms with Crippen molar-refractivity contribution in [3.05, 3.63) is 52.4 Å². The molecule has 0 radical (unpaired) electrons. The summed E-state index contributed by atoms with van der Waals surface area (Å²) in [5.74, 6) is -1.40. The minimum Gasteiger partial charge on any atom is -0.478 e. The zero-order chi connectivity index (χ0) is 14.8. The van der Waals surface area contributed by atoms with E-state index in [1.54, 1.807) is 5.38 Å². The van der Waals surface area contributed by atoms with E-state index in [-0.39, 0.29) is 11.5 Å². The third kappa shape index (κ3) is 2.68. The molecule has 3 rings (SSSR count). The van der Waals surface area contributed by atoms with E-state index < -0.39 is 12.1 Å². The maximum absolute atomic E-state index is 12.4. The van der Waals surface area contributed by atoms with Gasteiger partial charge < -0.3 is 15.2 Å². The minimum atomic E-state index is -1.06. The van der Waals surface area contributed by atoms with Crippen LogP contribution >= 0.6 is 11.3 Å². The molecule has 1 unspecified atom stereocenters. The number of nitrogens with one attached hydrogen (secondary N) is 1. The van der Waals surface area contributed by atoms with Gasteiger partial charge >= 0.3 is 5.97 Å². The fourth-order valence-corrected chi connectivity index (χ4v) is 3.15. The van der Waals surface area contributed by atoms with Crippen LogP contribution in [0.2, 0.25) is 0 Å². The molecule has 2 N–H and O–H groups in total. The summed E-state index contributed by atoms with van der Waals surface area (Å²) in [6, 6.07) is 9.11.